The number of nitrogens with zero attached hydrogens (tertiary/aromatic N) is 2. The van der Waals surface area contributed by atoms with Crippen molar-refractivity contribution in [2.75, 3.05) is 0 Å². The summed E-state index contributed by atoms with van der Waals surface area (Å²) < 4.78 is 1.67. The van der Waals surface area contributed by atoms with Gasteiger partial charge in [0, 0.05) is 12.7 Å². The molecule has 1 N–H and O–H groups in total. The fourth-order valence-electron chi connectivity index (χ4n) is 2.84. The van der Waals surface area contributed by atoms with E-state index in [9.17, 15) is 4.79 Å². The van der Waals surface area contributed by atoms with E-state index in [0.29, 0.717) is 17.3 Å². The molecule has 1 aliphatic carbocycles. The molecule has 1 aromatic heterocycles. The zero-order valence-corrected chi connectivity index (χ0v) is 12.7. The van der Waals surface area contributed by atoms with E-state index in [1.165, 1.54) is 11.1 Å². The first-order valence-electron chi connectivity index (χ1n) is 7.30. The van der Waals surface area contributed by atoms with Crippen LogP contribution in [0.25, 0.3) is 0 Å². The number of amides is 1. The number of carbonyl (C=O) groups excluding carboxylic acids is 1. The van der Waals surface area contributed by atoms with E-state index in [1.807, 2.05) is 19.1 Å². The van der Waals surface area contributed by atoms with Crippen LogP contribution in [0.1, 0.15) is 47.4 Å². The lowest BCUT2D eigenvalue weighted by Crippen LogP contribution is -2.31. The summed E-state index contributed by atoms with van der Waals surface area (Å²) in [6.45, 7) is 2.65. The second-order valence-corrected chi connectivity index (χ2v) is 5.71. The Morgan fingerprint density at radius 1 is 1.48 bits per heavy atom. The Kier molecular flexibility index (Phi) is 3.97. The first-order valence-corrected chi connectivity index (χ1v) is 7.68. The summed E-state index contributed by atoms with van der Waals surface area (Å²) in [5, 5.41) is 7.69. The summed E-state index contributed by atoms with van der Waals surface area (Å²) in [7, 11) is 0. The van der Waals surface area contributed by atoms with Crippen LogP contribution in [0.15, 0.2) is 30.5 Å². The molecule has 0 saturated heterocycles. The maximum Gasteiger partial charge on any atom is 0.273 e. The average Bonchev–Trinajstić information content (AvgIpc) is 2.89. The highest BCUT2D eigenvalue weighted by Gasteiger charge is 2.24. The molecule has 1 aliphatic rings. The van der Waals surface area contributed by atoms with Crippen molar-refractivity contribution in [3.63, 3.8) is 0 Å². The first kappa shape index (κ1) is 14.1. The number of benzene rings is 1. The number of fused-ring (bicyclic) bond motifs is 1. The monoisotopic (exact) mass is 303 g/mol. The van der Waals surface area contributed by atoms with Gasteiger partial charge in [-0.1, -0.05) is 35.9 Å². The van der Waals surface area contributed by atoms with E-state index in [1.54, 1.807) is 10.9 Å². The standard InChI is InChI=1S/C16H18ClN3O/c1-2-20-10-13(17)15(19-20)16(21)18-14-9-5-7-11-6-3-4-8-12(11)14/h3-4,6,8,10,14H,2,5,7,9H2,1H3,(H,18,21)/t14-/m1/s1. The number of halogens is 1. The Morgan fingerprint density at radius 3 is 3.05 bits per heavy atom. The summed E-state index contributed by atoms with van der Waals surface area (Å²) >= 11 is 6.09. The molecule has 0 fully saturated rings. The van der Waals surface area contributed by atoms with Crippen molar-refractivity contribution in [3.8, 4) is 0 Å². The van der Waals surface area contributed by atoms with Gasteiger partial charge in [-0.25, -0.2) is 0 Å². The maximum atomic E-state index is 12.4. The molecule has 2 aromatic rings. The number of nitrogens with one attached hydrogen (secondary N) is 1. The lowest BCUT2D eigenvalue weighted by atomic mass is 9.88. The van der Waals surface area contributed by atoms with Crippen molar-refractivity contribution in [1.29, 1.82) is 0 Å². The molecule has 110 valence electrons. The average molecular weight is 304 g/mol. The summed E-state index contributed by atoms with van der Waals surface area (Å²) in [6, 6.07) is 8.33. The van der Waals surface area contributed by atoms with Gasteiger partial charge in [-0.05, 0) is 37.3 Å². The number of aryl methyl sites for hydroxylation is 2. The van der Waals surface area contributed by atoms with Crippen LogP contribution in [0.5, 0.6) is 0 Å². The molecule has 1 aromatic carbocycles. The number of carbonyl (C=O) groups is 1. The predicted octanol–water partition coefficient (Wildman–Crippen LogP) is 3.36. The van der Waals surface area contributed by atoms with Crippen molar-refractivity contribution < 1.29 is 4.79 Å². The second-order valence-electron chi connectivity index (χ2n) is 5.30. The van der Waals surface area contributed by atoms with Crippen molar-refractivity contribution >= 4 is 17.5 Å². The van der Waals surface area contributed by atoms with Crippen LogP contribution >= 0.6 is 11.6 Å². The smallest absolute Gasteiger partial charge is 0.273 e. The van der Waals surface area contributed by atoms with E-state index in [0.717, 1.165) is 19.3 Å². The van der Waals surface area contributed by atoms with Gasteiger partial charge < -0.3 is 5.32 Å². The maximum absolute atomic E-state index is 12.4. The highest BCUT2D eigenvalue weighted by molar-refractivity contribution is 6.33. The molecule has 1 atom stereocenters. The Bertz CT molecular complexity index is 665. The Labute approximate surface area is 129 Å². The van der Waals surface area contributed by atoms with Crippen molar-refractivity contribution in [3.05, 3.63) is 52.3 Å². The Morgan fingerprint density at radius 2 is 2.29 bits per heavy atom. The van der Waals surface area contributed by atoms with Gasteiger partial charge in [0.05, 0.1) is 11.1 Å². The van der Waals surface area contributed by atoms with Crippen LogP contribution in [0, 0.1) is 0 Å². The number of hydrogen-bond donors (Lipinski definition) is 1. The van der Waals surface area contributed by atoms with Gasteiger partial charge in [-0.15, -0.1) is 0 Å². The molecule has 0 radical (unpaired) electrons. The molecular formula is C16H18ClN3O. The quantitative estimate of drug-likeness (QED) is 0.945. The largest absolute Gasteiger partial charge is 0.344 e. The van der Waals surface area contributed by atoms with Crippen LogP contribution < -0.4 is 5.32 Å². The van der Waals surface area contributed by atoms with E-state index < -0.39 is 0 Å². The van der Waals surface area contributed by atoms with Crippen LogP contribution in [0.4, 0.5) is 0 Å². The zero-order valence-electron chi connectivity index (χ0n) is 12.0. The molecule has 5 heteroatoms. The second kappa shape index (κ2) is 5.90. The third-order valence-corrected chi connectivity index (χ3v) is 4.21. The highest BCUT2D eigenvalue weighted by atomic mass is 35.5. The van der Waals surface area contributed by atoms with E-state index >= 15 is 0 Å². The minimum Gasteiger partial charge on any atom is -0.344 e. The molecule has 0 aliphatic heterocycles. The molecule has 0 unspecified atom stereocenters. The van der Waals surface area contributed by atoms with Crippen molar-refractivity contribution in [1.82, 2.24) is 15.1 Å². The number of aromatic nitrogens is 2. The predicted molar refractivity (Wildman–Crippen MR) is 82.5 cm³/mol. The molecule has 0 spiro atoms. The fourth-order valence-corrected chi connectivity index (χ4v) is 3.08. The van der Waals surface area contributed by atoms with Gasteiger partial charge >= 0.3 is 0 Å². The minimum atomic E-state index is -0.200. The molecule has 1 heterocycles. The van der Waals surface area contributed by atoms with Gasteiger partial charge in [0.1, 0.15) is 0 Å². The summed E-state index contributed by atoms with van der Waals surface area (Å²) in [6.07, 6.45) is 4.80. The van der Waals surface area contributed by atoms with Crippen molar-refractivity contribution in [2.45, 2.75) is 38.8 Å². The van der Waals surface area contributed by atoms with E-state index in [-0.39, 0.29) is 11.9 Å². The third-order valence-electron chi connectivity index (χ3n) is 3.93. The number of rotatable bonds is 3. The molecule has 21 heavy (non-hydrogen) atoms. The van der Waals surface area contributed by atoms with Crippen LogP contribution in [0.2, 0.25) is 5.02 Å². The van der Waals surface area contributed by atoms with Gasteiger partial charge in [0.25, 0.3) is 5.91 Å². The zero-order chi connectivity index (χ0) is 14.8. The molecule has 4 nitrogen and oxygen atoms in total. The lowest BCUT2D eigenvalue weighted by Gasteiger charge is -2.26. The molecular weight excluding hydrogens is 286 g/mol. The topological polar surface area (TPSA) is 46.9 Å². The Hall–Kier alpha value is -1.81. The summed E-state index contributed by atoms with van der Waals surface area (Å²) in [5.41, 5.74) is 2.84. The lowest BCUT2D eigenvalue weighted by molar-refractivity contribution is 0.0927. The fraction of sp³-hybridized carbons (Fsp3) is 0.375. The van der Waals surface area contributed by atoms with E-state index in [4.69, 9.17) is 11.6 Å². The summed E-state index contributed by atoms with van der Waals surface area (Å²) in [5.74, 6) is -0.200. The number of hydrogen-bond acceptors (Lipinski definition) is 2. The van der Waals surface area contributed by atoms with Gasteiger partial charge in [0.2, 0.25) is 0 Å². The van der Waals surface area contributed by atoms with Gasteiger partial charge in [-0.3, -0.25) is 9.48 Å². The highest BCUT2D eigenvalue weighted by Crippen LogP contribution is 2.29. The van der Waals surface area contributed by atoms with E-state index in [2.05, 4.69) is 22.5 Å². The molecule has 1 amide bonds. The van der Waals surface area contributed by atoms with Crippen molar-refractivity contribution in [2.24, 2.45) is 0 Å². The minimum absolute atomic E-state index is 0.0466. The third kappa shape index (κ3) is 2.81. The van der Waals surface area contributed by atoms with Crippen LogP contribution in [-0.4, -0.2) is 15.7 Å². The first-order chi connectivity index (χ1) is 10.2. The van der Waals surface area contributed by atoms with Crippen LogP contribution in [0.3, 0.4) is 0 Å². The normalized spacial score (nSPS) is 17.3. The van der Waals surface area contributed by atoms with Crippen LogP contribution in [-0.2, 0) is 13.0 Å². The molecule has 3 rings (SSSR count). The molecule has 0 bridgehead atoms. The summed E-state index contributed by atoms with van der Waals surface area (Å²) in [4.78, 5) is 12.4. The van der Waals surface area contributed by atoms with Gasteiger partial charge in [-0.2, -0.15) is 5.10 Å². The molecule has 0 saturated carbocycles. The Balaban J connectivity index is 1.81. The SMILES string of the molecule is CCn1cc(Cl)c(C(=O)N[C@@H]2CCCc3ccccc32)n1. The van der Waals surface area contributed by atoms with Gasteiger partial charge in [0.15, 0.2) is 5.69 Å².